The third kappa shape index (κ3) is 8.04. The molecule has 0 aliphatic carbocycles. The van der Waals surface area contributed by atoms with Crippen LogP contribution in [-0.4, -0.2) is 34.4 Å². The van der Waals surface area contributed by atoms with E-state index in [0.29, 0.717) is 0 Å². The molecule has 0 fully saturated rings. The van der Waals surface area contributed by atoms with Gasteiger partial charge in [0.05, 0.1) is 25.6 Å². The highest BCUT2D eigenvalue weighted by Gasteiger charge is 2.52. The van der Waals surface area contributed by atoms with Gasteiger partial charge in [0.1, 0.15) is 0 Å². The fraction of sp³-hybridized carbons (Fsp3) is 0.636. The highest BCUT2D eigenvalue weighted by atomic mass is 28.4. The molecule has 0 radical (unpaired) electrons. The summed E-state index contributed by atoms with van der Waals surface area (Å²) < 4.78 is 19.9. The fourth-order valence-electron chi connectivity index (χ4n) is 2.69. The van der Waals surface area contributed by atoms with E-state index in [0.717, 1.165) is 5.19 Å². The minimum atomic E-state index is -3.22. The Bertz CT molecular complexity index is 606. The lowest BCUT2D eigenvalue weighted by atomic mass is 10.2. The third-order valence-electron chi connectivity index (χ3n) is 3.61. The maximum Gasteiger partial charge on any atom is 0.538 e. The van der Waals surface area contributed by atoms with Crippen molar-refractivity contribution in [2.75, 3.05) is 0 Å². The molecular formula is C22H40O3Si2. The van der Waals surface area contributed by atoms with Crippen LogP contribution in [0.5, 0.6) is 0 Å². The Labute approximate surface area is 170 Å². The van der Waals surface area contributed by atoms with Crippen molar-refractivity contribution in [3.63, 3.8) is 0 Å². The van der Waals surface area contributed by atoms with Crippen LogP contribution in [0.4, 0.5) is 0 Å². The molecule has 0 aliphatic rings. The van der Waals surface area contributed by atoms with Crippen molar-refractivity contribution in [1.29, 1.82) is 0 Å². The molecule has 1 rings (SSSR count). The predicted octanol–water partition coefficient (Wildman–Crippen LogP) is 5.32. The standard InChI is InChI=1S/C22H40O3Si2/c1-17(26(11)12)18-14-13-15-19(16-18)27(23-20(2,3)4,24-21(5,6)7)25-22(8,9)10/h13-16,26H,1H2,2-12H3. The van der Waals surface area contributed by atoms with Crippen LogP contribution in [0, 0.1) is 0 Å². The molecule has 5 heteroatoms. The molecule has 0 heterocycles. The lowest BCUT2D eigenvalue weighted by Gasteiger charge is -2.43. The van der Waals surface area contributed by atoms with Crippen LogP contribution in [0.1, 0.15) is 67.9 Å². The quantitative estimate of drug-likeness (QED) is 0.596. The first kappa shape index (κ1) is 24.3. The van der Waals surface area contributed by atoms with Crippen LogP contribution >= 0.6 is 0 Å². The molecule has 0 saturated heterocycles. The van der Waals surface area contributed by atoms with E-state index in [-0.39, 0.29) is 0 Å². The molecule has 0 unspecified atom stereocenters. The van der Waals surface area contributed by atoms with Crippen molar-refractivity contribution in [3.05, 3.63) is 36.4 Å². The molecule has 1 aromatic carbocycles. The third-order valence-corrected chi connectivity index (χ3v) is 8.99. The lowest BCUT2D eigenvalue weighted by Crippen LogP contribution is -2.64. The Morgan fingerprint density at radius 1 is 0.815 bits per heavy atom. The van der Waals surface area contributed by atoms with Crippen LogP contribution < -0.4 is 5.19 Å². The maximum atomic E-state index is 6.63. The summed E-state index contributed by atoms with van der Waals surface area (Å²) in [5.74, 6) is 0. The van der Waals surface area contributed by atoms with E-state index in [1.54, 1.807) is 0 Å². The van der Waals surface area contributed by atoms with E-state index >= 15 is 0 Å². The molecule has 0 amide bonds. The van der Waals surface area contributed by atoms with Crippen molar-refractivity contribution in [2.24, 2.45) is 0 Å². The summed E-state index contributed by atoms with van der Waals surface area (Å²) in [6.07, 6.45) is 0. The first-order chi connectivity index (χ1) is 11.9. The number of benzene rings is 1. The highest BCUT2D eigenvalue weighted by Crippen LogP contribution is 2.29. The van der Waals surface area contributed by atoms with E-state index in [9.17, 15) is 0 Å². The fourth-order valence-corrected chi connectivity index (χ4v) is 7.07. The SMILES string of the molecule is C=C(c1cccc([Si](OC(C)(C)C)(OC(C)(C)C)OC(C)(C)C)c1)[SiH](C)C. The van der Waals surface area contributed by atoms with Crippen LogP contribution in [-0.2, 0) is 13.3 Å². The van der Waals surface area contributed by atoms with Gasteiger partial charge in [0.25, 0.3) is 0 Å². The van der Waals surface area contributed by atoms with E-state index in [1.165, 1.54) is 10.8 Å². The van der Waals surface area contributed by atoms with Crippen LogP contribution in [0.25, 0.3) is 5.20 Å². The molecule has 0 spiro atoms. The van der Waals surface area contributed by atoms with Crippen molar-refractivity contribution in [2.45, 2.75) is 92.2 Å². The van der Waals surface area contributed by atoms with E-state index < -0.39 is 34.4 Å². The second-order valence-corrected chi connectivity index (χ2v) is 15.8. The van der Waals surface area contributed by atoms with Gasteiger partial charge in [-0.25, -0.2) is 0 Å². The Balaban J connectivity index is 3.63. The normalized spacial score (nSPS) is 13.9. The van der Waals surface area contributed by atoms with Crippen molar-refractivity contribution >= 4 is 28.0 Å². The van der Waals surface area contributed by atoms with E-state index in [4.69, 9.17) is 13.3 Å². The molecule has 0 atom stereocenters. The average Bonchev–Trinajstić information content (AvgIpc) is 2.40. The summed E-state index contributed by atoms with van der Waals surface area (Å²) in [6, 6.07) is 8.45. The molecule has 27 heavy (non-hydrogen) atoms. The monoisotopic (exact) mass is 408 g/mol. The van der Waals surface area contributed by atoms with Gasteiger partial charge in [-0.05, 0) is 73.9 Å². The maximum absolute atomic E-state index is 6.63. The summed E-state index contributed by atoms with van der Waals surface area (Å²) in [5.41, 5.74) is -0.0355. The summed E-state index contributed by atoms with van der Waals surface area (Å²) >= 11 is 0. The highest BCUT2D eigenvalue weighted by molar-refractivity contribution is 6.77. The second kappa shape index (κ2) is 8.33. The Kier molecular flexibility index (Phi) is 7.50. The van der Waals surface area contributed by atoms with Crippen LogP contribution in [0.3, 0.4) is 0 Å². The smallest absolute Gasteiger partial charge is 0.365 e. The summed E-state index contributed by atoms with van der Waals surface area (Å²) in [4.78, 5) is 0. The molecule has 0 aliphatic heterocycles. The van der Waals surface area contributed by atoms with Gasteiger partial charge < -0.3 is 13.3 Å². The lowest BCUT2D eigenvalue weighted by molar-refractivity contribution is -0.0655. The zero-order valence-corrected chi connectivity index (χ0v) is 21.5. The van der Waals surface area contributed by atoms with Gasteiger partial charge in [0.2, 0.25) is 0 Å². The molecule has 0 aromatic heterocycles. The van der Waals surface area contributed by atoms with Crippen LogP contribution in [0.2, 0.25) is 13.1 Å². The van der Waals surface area contributed by atoms with Gasteiger partial charge >= 0.3 is 8.80 Å². The van der Waals surface area contributed by atoms with E-state index in [2.05, 4.69) is 106 Å². The van der Waals surface area contributed by atoms with Gasteiger partial charge in [-0.3, -0.25) is 0 Å². The Morgan fingerprint density at radius 2 is 1.22 bits per heavy atom. The van der Waals surface area contributed by atoms with E-state index in [1.807, 2.05) is 0 Å². The molecule has 0 saturated carbocycles. The zero-order valence-electron chi connectivity index (χ0n) is 19.3. The van der Waals surface area contributed by atoms with Crippen LogP contribution in [0.15, 0.2) is 30.8 Å². The topological polar surface area (TPSA) is 27.7 Å². The molecule has 1 aromatic rings. The predicted molar refractivity (Wildman–Crippen MR) is 122 cm³/mol. The van der Waals surface area contributed by atoms with Gasteiger partial charge in [0.15, 0.2) is 0 Å². The molecule has 0 bridgehead atoms. The first-order valence-corrected chi connectivity index (χ1v) is 14.5. The van der Waals surface area contributed by atoms with Crippen molar-refractivity contribution in [3.8, 4) is 0 Å². The molecule has 0 N–H and O–H groups in total. The minimum Gasteiger partial charge on any atom is -0.365 e. The summed E-state index contributed by atoms with van der Waals surface area (Å²) in [5, 5.41) is 2.23. The van der Waals surface area contributed by atoms with Crippen molar-refractivity contribution in [1.82, 2.24) is 0 Å². The van der Waals surface area contributed by atoms with Gasteiger partial charge in [-0.1, -0.05) is 43.1 Å². The van der Waals surface area contributed by atoms with Crippen molar-refractivity contribution < 1.29 is 13.3 Å². The summed E-state index contributed by atoms with van der Waals surface area (Å²) in [7, 11) is -4.21. The van der Waals surface area contributed by atoms with Gasteiger partial charge in [-0.2, -0.15) is 0 Å². The minimum absolute atomic E-state index is 0.400. The van der Waals surface area contributed by atoms with Gasteiger partial charge in [0, 0.05) is 5.19 Å². The average molecular weight is 409 g/mol. The largest absolute Gasteiger partial charge is 0.538 e. The number of hydrogen-bond acceptors (Lipinski definition) is 3. The molecule has 3 nitrogen and oxygen atoms in total. The zero-order chi connectivity index (χ0) is 21.3. The second-order valence-electron chi connectivity index (χ2n) is 10.5. The molecule has 154 valence electrons. The molecular weight excluding hydrogens is 368 g/mol. The van der Waals surface area contributed by atoms with Gasteiger partial charge in [-0.15, -0.1) is 0 Å². The number of hydrogen-bond donors (Lipinski definition) is 0. The first-order valence-electron chi connectivity index (χ1n) is 9.84. The Morgan fingerprint density at radius 3 is 1.56 bits per heavy atom. The number of rotatable bonds is 6. The summed E-state index contributed by atoms with van der Waals surface area (Å²) in [6.45, 7) is 27.4. The Hall–Kier alpha value is -0.726.